The van der Waals surface area contributed by atoms with Crippen molar-refractivity contribution >= 4 is 32.7 Å². The highest BCUT2D eigenvalue weighted by Gasteiger charge is 2.17. The summed E-state index contributed by atoms with van der Waals surface area (Å²) in [6, 6.07) is 11.6. The number of anilines is 1. The van der Waals surface area contributed by atoms with Crippen molar-refractivity contribution in [3.8, 4) is 11.3 Å². The maximum atomic E-state index is 12.4. The van der Waals surface area contributed by atoms with Crippen LogP contribution in [-0.4, -0.2) is 30.9 Å². The van der Waals surface area contributed by atoms with Crippen LogP contribution in [0.3, 0.4) is 0 Å². The van der Waals surface area contributed by atoms with E-state index in [0.29, 0.717) is 16.5 Å². The van der Waals surface area contributed by atoms with E-state index in [1.807, 2.05) is 37.3 Å². The van der Waals surface area contributed by atoms with Gasteiger partial charge in [0.2, 0.25) is 0 Å². The van der Waals surface area contributed by atoms with Crippen molar-refractivity contribution in [3.63, 3.8) is 0 Å². The molecule has 8 heteroatoms. The Hall–Kier alpha value is -3.00. The van der Waals surface area contributed by atoms with Crippen LogP contribution < -0.4 is 5.32 Å². The normalized spacial score (nSPS) is 11.1. The van der Waals surface area contributed by atoms with Crippen LogP contribution in [0.25, 0.3) is 21.6 Å². The average molecular weight is 338 g/mol. The average Bonchev–Trinajstić information content (AvgIpc) is 3.22. The van der Waals surface area contributed by atoms with E-state index >= 15 is 0 Å². The van der Waals surface area contributed by atoms with Crippen LogP contribution in [0.1, 0.15) is 16.2 Å². The van der Waals surface area contributed by atoms with Gasteiger partial charge in [0, 0.05) is 12.6 Å². The third-order valence-corrected chi connectivity index (χ3v) is 4.61. The van der Waals surface area contributed by atoms with E-state index in [-0.39, 0.29) is 5.91 Å². The van der Waals surface area contributed by atoms with E-state index in [2.05, 4.69) is 25.6 Å². The molecule has 4 rings (SSSR count). The van der Waals surface area contributed by atoms with E-state index in [1.54, 1.807) is 17.8 Å². The largest absolute Gasteiger partial charge is 0.296 e. The van der Waals surface area contributed by atoms with Gasteiger partial charge in [0.05, 0.1) is 11.4 Å². The number of thiazole rings is 1. The van der Waals surface area contributed by atoms with Crippen molar-refractivity contribution in [1.82, 2.24) is 25.0 Å². The van der Waals surface area contributed by atoms with Gasteiger partial charge in [-0.15, -0.1) is 0 Å². The molecular formula is C16H14N6OS. The molecule has 4 aromatic rings. The maximum absolute atomic E-state index is 12.4. The fraction of sp³-hybridized carbons (Fsp3) is 0.125. The third kappa shape index (κ3) is 2.46. The van der Waals surface area contributed by atoms with E-state index in [9.17, 15) is 4.79 Å². The van der Waals surface area contributed by atoms with Gasteiger partial charge in [-0.05, 0) is 13.0 Å². The van der Waals surface area contributed by atoms with Crippen LogP contribution in [-0.2, 0) is 7.05 Å². The van der Waals surface area contributed by atoms with Crippen molar-refractivity contribution in [3.05, 3.63) is 47.8 Å². The number of hydrogen-bond acceptors (Lipinski definition) is 5. The first-order valence-corrected chi connectivity index (χ1v) is 8.16. The summed E-state index contributed by atoms with van der Waals surface area (Å²) in [5.41, 5.74) is 3.81. The molecule has 0 aliphatic rings. The van der Waals surface area contributed by atoms with Gasteiger partial charge in [0.15, 0.2) is 10.8 Å². The Morgan fingerprint density at radius 2 is 2.08 bits per heavy atom. The molecule has 0 fully saturated rings. The molecule has 0 aliphatic heterocycles. The van der Waals surface area contributed by atoms with Crippen molar-refractivity contribution in [2.75, 3.05) is 5.32 Å². The lowest BCUT2D eigenvalue weighted by Gasteiger charge is -2.01. The third-order valence-electron chi connectivity index (χ3n) is 3.63. The van der Waals surface area contributed by atoms with E-state index < -0.39 is 0 Å². The summed E-state index contributed by atoms with van der Waals surface area (Å²) in [6.45, 7) is 1.85. The number of nitrogens with one attached hydrogen (secondary N) is 2. The Bertz CT molecular complexity index is 1030. The van der Waals surface area contributed by atoms with Crippen LogP contribution in [0, 0.1) is 6.92 Å². The standard InChI is InChI=1S/C16H14N6OS/c1-9-8-11(22(2)21-9)15(23)18-16-17-14-13(24-16)12(19-20-14)10-6-4-3-5-7-10/h3-8H,1-2H3,(H2,17,18,19,20,23). The molecule has 1 amide bonds. The molecule has 0 bridgehead atoms. The number of carbonyl (C=O) groups excluding carboxylic acids is 1. The molecule has 0 radical (unpaired) electrons. The van der Waals surface area contributed by atoms with Crippen LogP contribution >= 0.6 is 11.3 Å². The van der Waals surface area contributed by atoms with Gasteiger partial charge < -0.3 is 0 Å². The summed E-state index contributed by atoms with van der Waals surface area (Å²) in [5, 5.41) is 14.7. The predicted octanol–water partition coefficient (Wildman–Crippen LogP) is 2.98. The molecule has 0 atom stereocenters. The number of aromatic nitrogens is 5. The Morgan fingerprint density at radius 3 is 2.79 bits per heavy atom. The molecule has 0 spiro atoms. The SMILES string of the molecule is Cc1cc(C(=O)Nc2nc3n[nH]c(-c4ccccc4)c3s2)n(C)n1. The van der Waals surface area contributed by atoms with Gasteiger partial charge in [0.25, 0.3) is 5.91 Å². The highest BCUT2D eigenvalue weighted by atomic mass is 32.1. The lowest BCUT2D eigenvalue weighted by molar-refractivity contribution is 0.101. The Kier molecular flexibility index (Phi) is 3.39. The fourth-order valence-corrected chi connectivity index (χ4v) is 3.47. The number of nitrogens with zero attached hydrogens (tertiary/aromatic N) is 4. The predicted molar refractivity (Wildman–Crippen MR) is 93.1 cm³/mol. The Balaban J connectivity index is 1.65. The lowest BCUT2D eigenvalue weighted by atomic mass is 10.2. The summed E-state index contributed by atoms with van der Waals surface area (Å²) in [4.78, 5) is 16.7. The van der Waals surface area contributed by atoms with Crippen molar-refractivity contribution < 1.29 is 4.79 Å². The maximum Gasteiger partial charge on any atom is 0.275 e. The van der Waals surface area contributed by atoms with Crippen LogP contribution in [0.15, 0.2) is 36.4 Å². The van der Waals surface area contributed by atoms with Crippen LogP contribution in [0.5, 0.6) is 0 Å². The zero-order chi connectivity index (χ0) is 16.7. The van der Waals surface area contributed by atoms with Gasteiger partial charge in [-0.3, -0.25) is 19.9 Å². The number of aryl methyl sites for hydroxylation is 2. The second kappa shape index (κ2) is 5.57. The minimum absolute atomic E-state index is 0.236. The second-order valence-electron chi connectivity index (χ2n) is 5.39. The minimum Gasteiger partial charge on any atom is -0.296 e. The molecule has 3 aromatic heterocycles. The summed E-state index contributed by atoms with van der Waals surface area (Å²) in [7, 11) is 1.74. The minimum atomic E-state index is -0.236. The number of amides is 1. The van der Waals surface area contributed by atoms with E-state index in [4.69, 9.17) is 0 Å². The van der Waals surface area contributed by atoms with Crippen LogP contribution in [0.4, 0.5) is 5.13 Å². The molecule has 0 saturated heterocycles. The van der Waals surface area contributed by atoms with Crippen molar-refractivity contribution in [1.29, 1.82) is 0 Å². The van der Waals surface area contributed by atoms with Crippen molar-refractivity contribution in [2.24, 2.45) is 7.05 Å². The van der Waals surface area contributed by atoms with Gasteiger partial charge in [-0.2, -0.15) is 15.2 Å². The monoisotopic (exact) mass is 338 g/mol. The zero-order valence-electron chi connectivity index (χ0n) is 13.1. The Labute approximate surface area is 141 Å². The molecule has 1 aromatic carbocycles. The number of hydrogen-bond donors (Lipinski definition) is 2. The molecule has 0 unspecified atom stereocenters. The quantitative estimate of drug-likeness (QED) is 0.601. The van der Waals surface area contributed by atoms with Gasteiger partial charge in [-0.25, -0.2) is 0 Å². The molecule has 0 saturated carbocycles. The molecule has 120 valence electrons. The first-order chi connectivity index (χ1) is 11.6. The molecular weight excluding hydrogens is 324 g/mol. The number of fused-ring (bicyclic) bond motifs is 1. The fourth-order valence-electron chi connectivity index (χ4n) is 2.55. The summed E-state index contributed by atoms with van der Waals surface area (Å²) in [6.07, 6.45) is 0. The smallest absolute Gasteiger partial charge is 0.275 e. The highest BCUT2D eigenvalue weighted by molar-refractivity contribution is 7.22. The zero-order valence-corrected chi connectivity index (χ0v) is 13.9. The van der Waals surface area contributed by atoms with Gasteiger partial charge >= 0.3 is 0 Å². The van der Waals surface area contributed by atoms with E-state index in [0.717, 1.165) is 21.7 Å². The molecule has 24 heavy (non-hydrogen) atoms. The topological polar surface area (TPSA) is 88.5 Å². The van der Waals surface area contributed by atoms with Crippen molar-refractivity contribution in [2.45, 2.75) is 6.92 Å². The first kappa shape index (κ1) is 14.6. The summed E-state index contributed by atoms with van der Waals surface area (Å²) in [5.74, 6) is -0.236. The number of carbonyl (C=O) groups is 1. The number of benzene rings is 1. The highest BCUT2D eigenvalue weighted by Crippen LogP contribution is 2.33. The second-order valence-corrected chi connectivity index (χ2v) is 6.38. The lowest BCUT2D eigenvalue weighted by Crippen LogP contribution is -2.15. The first-order valence-electron chi connectivity index (χ1n) is 7.34. The molecule has 0 aliphatic carbocycles. The molecule has 7 nitrogen and oxygen atoms in total. The molecule has 2 N–H and O–H groups in total. The van der Waals surface area contributed by atoms with Gasteiger partial charge in [-0.1, -0.05) is 41.7 Å². The number of rotatable bonds is 3. The summed E-state index contributed by atoms with van der Waals surface area (Å²) >= 11 is 1.39. The van der Waals surface area contributed by atoms with Gasteiger partial charge in [0.1, 0.15) is 10.4 Å². The van der Waals surface area contributed by atoms with E-state index in [1.165, 1.54) is 11.3 Å². The Morgan fingerprint density at radius 1 is 1.29 bits per heavy atom. The molecule has 3 heterocycles. The van der Waals surface area contributed by atoms with Crippen LogP contribution in [0.2, 0.25) is 0 Å². The summed E-state index contributed by atoms with van der Waals surface area (Å²) < 4.78 is 2.47. The number of aromatic amines is 1. The number of H-pyrrole nitrogens is 1.